The Kier molecular flexibility index (Phi) is 2.92. The van der Waals surface area contributed by atoms with Crippen molar-refractivity contribution < 1.29 is 8.42 Å². The van der Waals surface area contributed by atoms with Crippen molar-refractivity contribution in [2.24, 2.45) is 17.6 Å². The van der Waals surface area contributed by atoms with Gasteiger partial charge in [-0.15, -0.1) is 0 Å². The average Bonchev–Trinajstić information content (AvgIpc) is 2.94. The van der Waals surface area contributed by atoms with Crippen LogP contribution in [0.1, 0.15) is 12.8 Å². The first-order valence-corrected chi connectivity index (χ1v) is 7.84. The lowest BCUT2D eigenvalue weighted by Crippen LogP contribution is -2.33. The third kappa shape index (κ3) is 1.86. The molecular weight excluding hydrogens is 248 g/mol. The van der Waals surface area contributed by atoms with Gasteiger partial charge in [0.25, 0.3) is 0 Å². The van der Waals surface area contributed by atoms with Crippen LogP contribution in [0.2, 0.25) is 0 Å². The number of nitrogens with two attached hydrogens (primary N) is 1. The maximum Gasteiger partial charge on any atom is 0.243 e. The summed E-state index contributed by atoms with van der Waals surface area (Å²) in [7, 11) is -3.33. The summed E-state index contributed by atoms with van der Waals surface area (Å²) in [5.41, 5.74) is 6.04. The second-order valence-electron chi connectivity index (χ2n) is 5.30. The largest absolute Gasteiger partial charge is 0.327 e. The highest BCUT2D eigenvalue weighted by Gasteiger charge is 2.44. The van der Waals surface area contributed by atoms with E-state index in [0.29, 0.717) is 29.8 Å². The molecule has 1 aromatic carbocycles. The molecule has 1 aliphatic carbocycles. The van der Waals surface area contributed by atoms with E-state index in [1.165, 1.54) is 0 Å². The van der Waals surface area contributed by atoms with Gasteiger partial charge >= 0.3 is 0 Å². The zero-order chi connectivity index (χ0) is 12.8. The van der Waals surface area contributed by atoms with Crippen molar-refractivity contribution in [1.29, 1.82) is 0 Å². The molecule has 0 radical (unpaired) electrons. The summed E-state index contributed by atoms with van der Waals surface area (Å²) in [4.78, 5) is 0.388. The number of hydrogen-bond acceptors (Lipinski definition) is 3. The van der Waals surface area contributed by atoms with Gasteiger partial charge in [0.15, 0.2) is 0 Å². The van der Waals surface area contributed by atoms with E-state index in [1.54, 1.807) is 28.6 Å². The van der Waals surface area contributed by atoms with Gasteiger partial charge in [0.1, 0.15) is 0 Å². The monoisotopic (exact) mass is 266 g/mol. The molecule has 0 spiro atoms. The topological polar surface area (TPSA) is 63.4 Å². The maximum absolute atomic E-state index is 12.5. The summed E-state index contributed by atoms with van der Waals surface area (Å²) in [5, 5.41) is 0. The van der Waals surface area contributed by atoms with Gasteiger partial charge in [-0.2, -0.15) is 4.31 Å². The van der Waals surface area contributed by atoms with Crippen molar-refractivity contribution in [1.82, 2.24) is 4.31 Å². The van der Waals surface area contributed by atoms with Crippen LogP contribution in [-0.4, -0.2) is 31.9 Å². The average molecular weight is 266 g/mol. The summed E-state index contributed by atoms with van der Waals surface area (Å²) in [6.07, 6.45) is 2.10. The van der Waals surface area contributed by atoms with Crippen LogP contribution in [0.5, 0.6) is 0 Å². The molecule has 18 heavy (non-hydrogen) atoms. The molecule has 0 unspecified atom stereocenters. The Balaban J connectivity index is 1.85. The number of sulfonamides is 1. The Hall–Kier alpha value is -0.910. The third-order valence-corrected chi connectivity index (χ3v) is 6.11. The maximum atomic E-state index is 12.5. The highest BCUT2D eigenvalue weighted by atomic mass is 32.2. The van der Waals surface area contributed by atoms with E-state index in [9.17, 15) is 8.42 Å². The molecule has 3 atom stereocenters. The second-order valence-corrected chi connectivity index (χ2v) is 7.24. The van der Waals surface area contributed by atoms with Crippen molar-refractivity contribution >= 4 is 10.0 Å². The van der Waals surface area contributed by atoms with Crippen molar-refractivity contribution in [3.63, 3.8) is 0 Å². The van der Waals surface area contributed by atoms with E-state index in [1.807, 2.05) is 6.07 Å². The molecule has 1 heterocycles. The van der Waals surface area contributed by atoms with Crippen molar-refractivity contribution in [2.75, 3.05) is 13.1 Å². The van der Waals surface area contributed by atoms with Crippen molar-refractivity contribution in [2.45, 2.75) is 23.8 Å². The lowest BCUT2D eigenvalue weighted by atomic mass is 9.98. The normalized spacial score (nSPS) is 32.6. The van der Waals surface area contributed by atoms with Crippen LogP contribution in [0, 0.1) is 11.8 Å². The minimum absolute atomic E-state index is 0.172. The number of benzene rings is 1. The molecule has 5 heteroatoms. The van der Waals surface area contributed by atoms with Gasteiger partial charge in [-0.05, 0) is 36.8 Å². The van der Waals surface area contributed by atoms with E-state index >= 15 is 0 Å². The quantitative estimate of drug-likeness (QED) is 0.870. The second kappa shape index (κ2) is 4.33. The predicted molar refractivity (Wildman–Crippen MR) is 69.4 cm³/mol. The number of hydrogen-bond donors (Lipinski definition) is 1. The van der Waals surface area contributed by atoms with E-state index in [2.05, 4.69) is 0 Å². The Labute approximate surface area is 108 Å². The lowest BCUT2D eigenvalue weighted by molar-refractivity contribution is 0.427. The molecule has 3 rings (SSSR count). The first-order valence-electron chi connectivity index (χ1n) is 6.40. The van der Waals surface area contributed by atoms with Gasteiger partial charge in [0.05, 0.1) is 4.90 Å². The Morgan fingerprint density at radius 1 is 1.11 bits per heavy atom. The van der Waals surface area contributed by atoms with Crippen LogP contribution >= 0.6 is 0 Å². The van der Waals surface area contributed by atoms with Crippen LogP contribution in [0.15, 0.2) is 35.2 Å². The summed E-state index contributed by atoms with van der Waals surface area (Å²) in [6.45, 7) is 1.22. The third-order valence-electron chi connectivity index (χ3n) is 4.26. The molecule has 1 aliphatic heterocycles. The minimum atomic E-state index is -3.33. The zero-order valence-electron chi connectivity index (χ0n) is 10.2. The fraction of sp³-hybridized carbons (Fsp3) is 0.538. The lowest BCUT2D eigenvalue weighted by Gasteiger charge is -2.18. The summed E-state index contributed by atoms with van der Waals surface area (Å²) in [5.74, 6) is 0.807. The minimum Gasteiger partial charge on any atom is -0.327 e. The van der Waals surface area contributed by atoms with Gasteiger partial charge in [-0.25, -0.2) is 8.42 Å². The van der Waals surface area contributed by atoms with E-state index < -0.39 is 10.0 Å². The van der Waals surface area contributed by atoms with Gasteiger partial charge in [0, 0.05) is 19.1 Å². The van der Waals surface area contributed by atoms with E-state index in [0.717, 1.165) is 12.8 Å². The van der Waals surface area contributed by atoms with Crippen LogP contribution in [0.4, 0.5) is 0 Å². The van der Waals surface area contributed by atoms with Crippen LogP contribution in [0.25, 0.3) is 0 Å². The smallest absolute Gasteiger partial charge is 0.243 e. The number of fused-ring (bicyclic) bond motifs is 1. The molecule has 2 aliphatic rings. The fourth-order valence-corrected chi connectivity index (χ4v) is 4.76. The first kappa shape index (κ1) is 12.1. The first-order chi connectivity index (χ1) is 8.59. The van der Waals surface area contributed by atoms with Gasteiger partial charge in [-0.3, -0.25) is 0 Å². The fourth-order valence-electron chi connectivity index (χ4n) is 3.20. The van der Waals surface area contributed by atoms with Gasteiger partial charge in [0.2, 0.25) is 10.0 Å². The molecule has 0 aromatic heterocycles. The Morgan fingerprint density at radius 2 is 1.83 bits per heavy atom. The highest BCUT2D eigenvalue weighted by molar-refractivity contribution is 7.89. The van der Waals surface area contributed by atoms with Crippen LogP contribution in [-0.2, 0) is 10.0 Å². The number of rotatable bonds is 2. The summed E-state index contributed by atoms with van der Waals surface area (Å²) >= 11 is 0. The van der Waals surface area contributed by atoms with Crippen molar-refractivity contribution in [3.05, 3.63) is 30.3 Å². The molecule has 4 nitrogen and oxygen atoms in total. The molecule has 0 amide bonds. The molecule has 1 aromatic rings. The molecule has 1 saturated carbocycles. The highest BCUT2D eigenvalue weighted by Crippen LogP contribution is 2.39. The molecule has 1 saturated heterocycles. The Bertz CT molecular complexity index is 529. The zero-order valence-corrected chi connectivity index (χ0v) is 11.0. The van der Waals surface area contributed by atoms with E-state index in [4.69, 9.17) is 5.73 Å². The van der Waals surface area contributed by atoms with Crippen LogP contribution < -0.4 is 5.73 Å². The molecule has 0 bridgehead atoms. The summed E-state index contributed by atoms with van der Waals surface area (Å²) in [6, 6.07) is 8.83. The SMILES string of the molecule is N[C@@H]1CC[C@@H]2CN(S(=O)(=O)c3ccccc3)C[C@@H]21. The van der Waals surface area contributed by atoms with E-state index in [-0.39, 0.29) is 6.04 Å². The number of nitrogens with zero attached hydrogens (tertiary/aromatic N) is 1. The van der Waals surface area contributed by atoms with Gasteiger partial charge < -0.3 is 5.73 Å². The van der Waals surface area contributed by atoms with Crippen LogP contribution in [0.3, 0.4) is 0 Å². The molecule has 98 valence electrons. The predicted octanol–water partition coefficient (Wildman–Crippen LogP) is 1.04. The molecular formula is C13H18N2O2S. The van der Waals surface area contributed by atoms with Gasteiger partial charge in [-0.1, -0.05) is 18.2 Å². The summed E-state index contributed by atoms with van der Waals surface area (Å²) < 4.78 is 26.5. The molecule has 2 N–H and O–H groups in total. The van der Waals surface area contributed by atoms with Crippen molar-refractivity contribution in [3.8, 4) is 0 Å². The standard InChI is InChI=1S/C13H18N2O2S/c14-13-7-6-10-8-15(9-12(10)13)18(16,17)11-4-2-1-3-5-11/h1-5,10,12-13H,6-9,14H2/t10-,12+,13-/m1/s1. The Morgan fingerprint density at radius 3 is 2.50 bits per heavy atom. The molecule has 2 fully saturated rings.